The number of esters is 1. The molecule has 0 aliphatic heterocycles. The number of carbonyl (C=O) groups is 1. The first-order valence-electron chi connectivity index (χ1n) is 9.38. The SMILES string of the molecule is O=C(Cn1c(=O)cnc2ccccc21)Oc1ccc2oc3c(c2c1)CCCC3. The summed E-state index contributed by atoms with van der Waals surface area (Å²) in [5.41, 5.74) is 2.96. The third-order valence-electron chi connectivity index (χ3n) is 5.20. The Morgan fingerprint density at radius 2 is 2.00 bits per heavy atom. The predicted octanol–water partition coefficient (Wildman–Crippen LogP) is 3.63. The van der Waals surface area contributed by atoms with Gasteiger partial charge in [0.1, 0.15) is 23.6 Å². The molecule has 0 radical (unpaired) electrons. The fraction of sp³-hybridized carbons (Fsp3) is 0.227. The molecular formula is C22H18N2O4. The van der Waals surface area contributed by atoms with Crippen LogP contribution in [0.25, 0.3) is 22.0 Å². The third-order valence-corrected chi connectivity index (χ3v) is 5.20. The van der Waals surface area contributed by atoms with Crippen LogP contribution in [0.5, 0.6) is 5.75 Å². The first kappa shape index (κ1) is 16.7. The molecule has 2 aromatic carbocycles. The lowest BCUT2D eigenvalue weighted by molar-refractivity contribution is -0.135. The van der Waals surface area contributed by atoms with Crippen molar-refractivity contribution in [2.24, 2.45) is 0 Å². The van der Waals surface area contributed by atoms with Crippen LogP contribution in [0.2, 0.25) is 0 Å². The zero-order valence-electron chi connectivity index (χ0n) is 15.2. The molecule has 28 heavy (non-hydrogen) atoms. The molecule has 0 bridgehead atoms. The topological polar surface area (TPSA) is 74.3 Å². The van der Waals surface area contributed by atoms with Gasteiger partial charge in [0.25, 0.3) is 5.56 Å². The van der Waals surface area contributed by atoms with Crippen LogP contribution in [0, 0.1) is 0 Å². The lowest BCUT2D eigenvalue weighted by Gasteiger charge is -2.10. The average molecular weight is 374 g/mol. The summed E-state index contributed by atoms with van der Waals surface area (Å²) in [6.07, 6.45) is 5.45. The average Bonchev–Trinajstić information content (AvgIpc) is 3.08. The molecule has 2 heterocycles. The molecular weight excluding hydrogens is 356 g/mol. The molecule has 1 aliphatic carbocycles. The number of carbonyl (C=O) groups excluding carboxylic acids is 1. The van der Waals surface area contributed by atoms with E-state index in [4.69, 9.17) is 9.15 Å². The largest absolute Gasteiger partial charge is 0.461 e. The number of hydrogen-bond acceptors (Lipinski definition) is 5. The van der Waals surface area contributed by atoms with Crippen LogP contribution in [0.15, 0.2) is 57.9 Å². The minimum atomic E-state index is -0.504. The molecule has 0 saturated heterocycles. The molecule has 4 aromatic rings. The molecule has 0 amide bonds. The second-order valence-corrected chi connectivity index (χ2v) is 7.01. The fourth-order valence-corrected chi connectivity index (χ4v) is 3.88. The Morgan fingerprint density at radius 1 is 1.14 bits per heavy atom. The fourth-order valence-electron chi connectivity index (χ4n) is 3.88. The van der Waals surface area contributed by atoms with Crippen molar-refractivity contribution in [3.63, 3.8) is 0 Å². The van der Waals surface area contributed by atoms with Crippen LogP contribution < -0.4 is 10.3 Å². The van der Waals surface area contributed by atoms with E-state index in [1.807, 2.05) is 18.2 Å². The molecule has 1 aliphatic rings. The van der Waals surface area contributed by atoms with Gasteiger partial charge in [-0.2, -0.15) is 0 Å². The Kier molecular flexibility index (Phi) is 3.97. The number of hydrogen-bond donors (Lipinski definition) is 0. The minimum absolute atomic E-state index is 0.177. The van der Waals surface area contributed by atoms with Gasteiger partial charge >= 0.3 is 5.97 Å². The van der Waals surface area contributed by atoms with Gasteiger partial charge in [-0.25, -0.2) is 9.78 Å². The van der Waals surface area contributed by atoms with Crippen LogP contribution in [-0.4, -0.2) is 15.5 Å². The van der Waals surface area contributed by atoms with Crippen molar-refractivity contribution in [2.75, 3.05) is 0 Å². The van der Waals surface area contributed by atoms with E-state index in [0.29, 0.717) is 16.8 Å². The maximum Gasteiger partial charge on any atom is 0.331 e. The smallest absolute Gasteiger partial charge is 0.331 e. The Labute approximate surface area is 160 Å². The zero-order valence-corrected chi connectivity index (χ0v) is 15.2. The highest BCUT2D eigenvalue weighted by Gasteiger charge is 2.19. The van der Waals surface area contributed by atoms with E-state index in [9.17, 15) is 9.59 Å². The van der Waals surface area contributed by atoms with E-state index in [1.54, 1.807) is 24.3 Å². The van der Waals surface area contributed by atoms with E-state index in [2.05, 4.69) is 4.98 Å². The van der Waals surface area contributed by atoms with Crippen LogP contribution in [0.3, 0.4) is 0 Å². The summed E-state index contributed by atoms with van der Waals surface area (Å²) in [6, 6.07) is 12.6. The number of benzene rings is 2. The minimum Gasteiger partial charge on any atom is -0.461 e. The number of aryl methyl sites for hydroxylation is 2. The number of rotatable bonds is 3. The summed E-state index contributed by atoms with van der Waals surface area (Å²) in [5, 5.41) is 1.01. The first-order valence-corrected chi connectivity index (χ1v) is 9.38. The molecule has 0 fully saturated rings. The van der Waals surface area contributed by atoms with Gasteiger partial charge in [-0.15, -0.1) is 0 Å². The van der Waals surface area contributed by atoms with Crippen molar-refractivity contribution in [1.82, 2.24) is 9.55 Å². The highest BCUT2D eigenvalue weighted by atomic mass is 16.5. The Bertz CT molecular complexity index is 1270. The molecule has 0 atom stereocenters. The number of para-hydroxylation sites is 2. The van der Waals surface area contributed by atoms with E-state index in [1.165, 1.54) is 16.3 Å². The van der Waals surface area contributed by atoms with Crippen molar-refractivity contribution in [1.29, 1.82) is 0 Å². The summed E-state index contributed by atoms with van der Waals surface area (Å²) in [5.74, 6) is 0.993. The summed E-state index contributed by atoms with van der Waals surface area (Å²) >= 11 is 0. The van der Waals surface area contributed by atoms with E-state index in [-0.39, 0.29) is 12.1 Å². The van der Waals surface area contributed by atoms with E-state index >= 15 is 0 Å². The molecule has 0 unspecified atom stereocenters. The lowest BCUT2D eigenvalue weighted by Crippen LogP contribution is -2.26. The van der Waals surface area contributed by atoms with Crippen molar-refractivity contribution >= 4 is 28.0 Å². The molecule has 6 heteroatoms. The second-order valence-electron chi connectivity index (χ2n) is 7.01. The quantitative estimate of drug-likeness (QED) is 0.404. The molecule has 0 N–H and O–H groups in total. The Morgan fingerprint density at radius 3 is 2.93 bits per heavy atom. The van der Waals surface area contributed by atoms with E-state index < -0.39 is 5.97 Å². The van der Waals surface area contributed by atoms with Crippen LogP contribution in [0.1, 0.15) is 24.2 Å². The van der Waals surface area contributed by atoms with Crippen molar-refractivity contribution in [3.05, 3.63) is 70.3 Å². The summed E-state index contributed by atoms with van der Waals surface area (Å²) in [4.78, 5) is 28.8. The maximum absolute atomic E-state index is 12.5. The zero-order chi connectivity index (χ0) is 19.1. The normalized spacial score (nSPS) is 13.6. The molecule has 0 saturated carbocycles. The monoisotopic (exact) mass is 374 g/mol. The number of nitrogens with zero attached hydrogens (tertiary/aromatic N) is 2. The van der Waals surface area contributed by atoms with Crippen LogP contribution in [-0.2, 0) is 24.2 Å². The van der Waals surface area contributed by atoms with Crippen molar-refractivity contribution in [3.8, 4) is 5.75 Å². The molecule has 2 aromatic heterocycles. The van der Waals surface area contributed by atoms with Crippen LogP contribution in [0.4, 0.5) is 0 Å². The van der Waals surface area contributed by atoms with Crippen LogP contribution >= 0.6 is 0 Å². The van der Waals surface area contributed by atoms with Gasteiger partial charge in [0.05, 0.1) is 17.2 Å². The standard InChI is InChI=1S/C22H18N2O4/c25-21-12-23-17-6-2-3-7-18(17)24(21)13-22(26)27-14-9-10-20-16(11-14)15-5-1-4-8-19(15)28-20/h2-3,6-7,9-12H,1,4-5,8,13H2. The van der Waals surface area contributed by atoms with Gasteiger partial charge < -0.3 is 9.15 Å². The number of furan rings is 1. The van der Waals surface area contributed by atoms with Crippen molar-refractivity contribution in [2.45, 2.75) is 32.2 Å². The molecule has 140 valence electrons. The molecule has 0 spiro atoms. The molecule has 6 nitrogen and oxygen atoms in total. The number of aromatic nitrogens is 2. The Hall–Kier alpha value is -3.41. The van der Waals surface area contributed by atoms with Gasteiger partial charge in [0.2, 0.25) is 0 Å². The first-order chi connectivity index (χ1) is 13.7. The van der Waals surface area contributed by atoms with E-state index in [0.717, 1.165) is 42.4 Å². The maximum atomic E-state index is 12.5. The summed E-state index contributed by atoms with van der Waals surface area (Å²) < 4.78 is 12.8. The predicted molar refractivity (Wildman–Crippen MR) is 104 cm³/mol. The highest BCUT2D eigenvalue weighted by molar-refractivity contribution is 5.85. The number of fused-ring (bicyclic) bond motifs is 4. The van der Waals surface area contributed by atoms with Gasteiger partial charge in [-0.1, -0.05) is 12.1 Å². The number of ether oxygens (including phenoxy) is 1. The summed E-state index contributed by atoms with van der Waals surface area (Å²) in [7, 11) is 0. The highest BCUT2D eigenvalue weighted by Crippen LogP contribution is 2.34. The van der Waals surface area contributed by atoms with Gasteiger partial charge in [-0.05, 0) is 49.6 Å². The third kappa shape index (κ3) is 2.87. The van der Waals surface area contributed by atoms with Crippen molar-refractivity contribution < 1.29 is 13.9 Å². The second kappa shape index (κ2) is 6.64. The molecule has 5 rings (SSSR count). The van der Waals surface area contributed by atoms with Gasteiger partial charge in [-0.3, -0.25) is 9.36 Å². The lowest BCUT2D eigenvalue weighted by atomic mass is 9.96. The Balaban J connectivity index is 1.43. The van der Waals surface area contributed by atoms with Gasteiger partial charge in [0.15, 0.2) is 0 Å². The summed E-state index contributed by atoms with van der Waals surface area (Å²) in [6.45, 7) is -0.177. The van der Waals surface area contributed by atoms with Gasteiger partial charge in [0, 0.05) is 17.4 Å².